The molecule has 0 aliphatic carbocycles. The summed E-state index contributed by atoms with van der Waals surface area (Å²) in [4.78, 5) is 24.8. The molecule has 0 heterocycles. The number of hydrogen-bond acceptors (Lipinski definition) is 7. The van der Waals surface area contributed by atoms with Gasteiger partial charge in [-0.15, -0.1) is 11.8 Å². The lowest BCUT2D eigenvalue weighted by Gasteiger charge is -2.25. The number of halogens is 1. The average Bonchev–Trinajstić information content (AvgIpc) is 2.74. The minimum atomic E-state index is -0.819. The van der Waals surface area contributed by atoms with Crippen LogP contribution in [0.5, 0.6) is 5.75 Å². The molecule has 0 aliphatic rings. The lowest BCUT2D eigenvalue weighted by molar-refractivity contribution is -0.141. The molecule has 0 radical (unpaired) electrons. The van der Waals surface area contributed by atoms with Gasteiger partial charge in [0.2, 0.25) is 0 Å². The Morgan fingerprint density at radius 3 is 2.53 bits per heavy atom. The van der Waals surface area contributed by atoms with Crippen LogP contribution in [0.2, 0.25) is 0 Å². The molecule has 0 fully saturated rings. The van der Waals surface area contributed by atoms with Gasteiger partial charge in [-0.05, 0) is 54.6 Å². The Morgan fingerprint density at radius 2 is 1.93 bits per heavy atom. The Morgan fingerprint density at radius 1 is 1.23 bits per heavy atom. The summed E-state index contributed by atoms with van der Waals surface area (Å²) in [5.41, 5.74) is 0.940. The van der Waals surface area contributed by atoms with Crippen LogP contribution in [0, 0.1) is 11.7 Å². The van der Waals surface area contributed by atoms with Gasteiger partial charge in [-0.3, -0.25) is 10.1 Å². The van der Waals surface area contributed by atoms with E-state index in [-0.39, 0.29) is 18.3 Å². The maximum absolute atomic E-state index is 13.9. The van der Waals surface area contributed by atoms with Crippen molar-refractivity contribution in [2.24, 2.45) is 5.92 Å². The molecular formula is C21H24FNO5S2. The van der Waals surface area contributed by atoms with Gasteiger partial charge in [0, 0.05) is 16.5 Å². The third-order valence-electron chi connectivity index (χ3n) is 4.35. The Hall–Kier alpha value is -2.39. The number of thiol groups is 1. The number of thioether (sulfide) groups is 1. The van der Waals surface area contributed by atoms with E-state index in [2.05, 4.69) is 17.9 Å². The number of carbonyl (C=O) groups is 2. The summed E-state index contributed by atoms with van der Waals surface area (Å²) in [7, 11) is 0. The van der Waals surface area contributed by atoms with Gasteiger partial charge in [-0.1, -0.05) is 13.0 Å². The zero-order chi connectivity index (χ0) is 22.1. The van der Waals surface area contributed by atoms with Crippen LogP contribution in [0.3, 0.4) is 0 Å². The van der Waals surface area contributed by atoms with Crippen molar-refractivity contribution in [3.05, 3.63) is 53.8 Å². The molecular weight excluding hydrogens is 429 g/mol. The molecule has 2 N–H and O–H groups in total. The number of amides is 1. The number of phenols is 1. The van der Waals surface area contributed by atoms with Crippen LogP contribution >= 0.6 is 24.4 Å². The number of esters is 1. The third kappa shape index (κ3) is 7.14. The molecule has 6 nitrogen and oxygen atoms in total. The highest BCUT2D eigenvalue weighted by Crippen LogP contribution is 2.31. The maximum Gasteiger partial charge on any atom is 0.412 e. The van der Waals surface area contributed by atoms with E-state index in [0.29, 0.717) is 17.7 Å². The molecule has 0 unspecified atom stereocenters. The summed E-state index contributed by atoms with van der Waals surface area (Å²) < 4.78 is 24.5. The van der Waals surface area contributed by atoms with Crippen LogP contribution in [-0.2, 0) is 14.3 Å². The number of carbonyl (C=O) groups excluding carboxylic acids is 2. The third-order valence-corrected chi connectivity index (χ3v) is 5.35. The van der Waals surface area contributed by atoms with Gasteiger partial charge in [0.1, 0.15) is 6.10 Å². The summed E-state index contributed by atoms with van der Waals surface area (Å²) in [5, 5.41) is 12.1. The highest BCUT2D eigenvalue weighted by molar-refractivity contribution is 7.98. The fourth-order valence-corrected chi connectivity index (χ4v) is 3.21. The summed E-state index contributed by atoms with van der Waals surface area (Å²) in [5.74, 6) is -2.10. The largest absolute Gasteiger partial charge is 0.505 e. The van der Waals surface area contributed by atoms with E-state index in [1.807, 2.05) is 18.4 Å². The predicted molar refractivity (Wildman–Crippen MR) is 118 cm³/mol. The van der Waals surface area contributed by atoms with Crippen LogP contribution < -0.4 is 5.32 Å². The van der Waals surface area contributed by atoms with Crippen LogP contribution in [0.1, 0.15) is 25.0 Å². The van der Waals surface area contributed by atoms with E-state index in [1.54, 1.807) is 30.8 Å². The van der Waals surface area contributed by atoms with Gasteiger partial charge in [0.15, 0.2) is 11.6 Å². The molecule has 9 heteroatoms. The second-order valence-electron chi connectivity index (χ2n) is 6.53. The fourth-order valence-electron chi connectivity index (χ4n) is 2.71. The zero-order valence-corrected chi connectivity index (χ0v) is 18.3. The van der Waals surface area contributed by atoms with Crippen molar-refractivity contribution in [1.82, 2.24) is 0 Å². The Bertz CT molecular complexity index is 863. The molecule has 2 rings (SSSR count). The van der Waals surface area contributed by atoms with Gasteiger partial charge in [0.05, 0.1) is 12.4 Å². The topological polar surface area (TPSA) is 84.9 Å². The quantitative estimate of drug-likeness (QED) is 0.280. The molecule has 0 bridgehead atoms. The van der Waals surface area contributed by atoms with Gasteiger partial charge in [0.25, 0.3) is 0 Å². The Balaban J connectivity index is 2.11. The van der Waals surface area contributed by atoms with Crippen molar-refractivity contribution in [1.29, 1.82) is 0 Å². The van der Waals surface area contributed by atoms with Crippen molar-refractivity contribution >= 4 is 42.1 Å². The number of phenolic OH excluding ortho intramolecular Hbond substituents is 1. The molecule has 0 saturated heterocycles. The van der Waals surface area contributed by atoms with E-state index in [9.17, 15) is 19.1 Å². The van der Waals surface area contributed by atoms with Crippen molar-refractivity contribution in [3.8, 4) is 5.75 Å². The lowest BCUT2D eigenvalue weighted by atomic mass is 9.94. The molecule has 30 heavy (non-hydrogen) atoms. The highest BCUT2D eigenvalue weighted by atomic mass is 32.2. The van der Waals surface area contributed by atoms with Crippen LogP contribution in [0.4, 0.5) is 14.9 Å². The molecule has 162 valence electrons. The van der Waals surface area contributed by atoms with E-state index >= 15 is 0 Å². The van der Waals surface area contributed by atoms with Crippen molar-refractivity contribution < 1.29 is 28.6 Å². The van der Waals surface area contributed by atoms with E-state index in [1.165, 1.54) is 12.1 Å². The number of hydrogen-bond donors (Lipinski definition) is 3. The standard InChI is InChI=1S/C21H24FNO5S2/c1-13(9-10-27-19(25)12-29)20(14-3-8-18(24)17(22)11-14)28-21(26)23-15-4-6-16(30-2)7-5-15/h3-8,11,13,20,24,29H,9-10,12H2,1-2H3,(H,23,26)/t13-,20+/m0/s1. The summed E-state index contributed by atoms with van der Waals surface area (Å²) in [6, 6.07) is 11.0. The highest BCUT2D eigenvalue weighted by Gasteiger charge is 2.25. The lowest BCUT2D eigenvalue weighted by Crippen LogP contribution is -2.23. The second kappa shape index (κ2) is 11.7. The first-order chi connectivity index (χ1) is 14.3. The van der Waals surface area contributed by atoms with Crippen molar-refractivity contribution in [2.45, 2.75) is 24.3 Å². The van der Waals surface area contributed by atoms with Gasteiger partial charge >= 0.3 is 12.1 Å². The number of aromatic hydroxyl groups is 1. The molecule has 0 saturated carbocycles. The molecule has 1 amide bonds. The number of ether oxygens (including phenoxy) is 2. The predicted octanol–water partition coefficient (Wildman–Crippen LogP) is 5.04. The van der Waals surface area contributed by atoms with Crippen molar-refractivity contribution in [3.63, 3.8) is 0 Å². The molecule has 0 spiro atoms. The number of nitrogens with one attached hydrogen (secondary N) is 1. The van der Waals surface area contributed by atoms with Crippen LogP contribution in [0.25, 0.3) is 0 Å². The van der Waals surface area contributed by atoms with E-state index in [0.717, 1.165) is 11.0 Å². The number of benzene rings is 2. The zero-order valence-electron chi connectivity index (χ0n) is 16.6. The summed E-state index contributed by atoms with van der Waals surface area (Å²) >= 11 is 5.43. The maximum atomic E-state index is 13.9. The van der Waals surface area contributed by atoms with Crippen LogP contribution in [-0.4, -0.2) is 35.8 Å². The fraction of sp³-hybridized carbons (Fsp3) is 0.333. The summed E-state index contributed by atoms with van der Waals surface area (Å²) in [6.07, 6.45) is 0.805. The minimum absolute atomic E-state index is 0.0325. The molecule has 2 aromatic rings. The number of anilines is 1. The first kappa shape index (κ1) is 23.9. The second-order valence-corrected chi connectivity index (χ2v) is 7.73. The first-order valence-electron chi connectivity index (χ1n) is 9.20. The molecule has 2 atom stereocenters. The molecule has 0 aromatic heterocycles. The first-order valence-corrected chi connectivity index (χ1v) is 11.1. The smallest absolute Gasteiger partial charge is 0.412 e. The molecule has 2 aromatic carbocycles. The Labute approximate surface area is 184 Å². The Kier molecular flexibility index (Phi) is 9.32. The van der Waals surface area contributed by atoms with Crippen LogP contribution in [0.15, 0.2) is 47.4 Å². The summed E-state index contributed by atoms with van der Waals surface area (Å²) in [6.45, 7) is 1.91. The van der Waals surface area contributed by atoms with Gasteiger partial charge in [-0.25, -0.2) is 9.18 Å². The monoisotopic (exact) mass is 453 g/mol. The normalized spacial score (nSPS) is 12.7. The van der Waals surface area contributed by atoms with E-state index in [4.69, 9.17) is 9.47 Å². The average molecular weight is 454 g/mol. The number of rotatable bonds is 9. The minimum Gasteiger partial charge on any atom is -0.505 e. The van der Waals surface area contributed by atoms with Gasteiger partial charge in [-0.2, -0.15) is 12.6 Å². The van der Waals surface area contributed by atoms with Crippen molar-refractivity contribution in [2.75, 3.05) is 23.9 Å². The van der Waals surface area contributed by atoms with E-state index < -0.39 is 29.7 Å². The SMILES string of the molecule is CSc1ccc(NC(=O)O[C@@H](c2ccc(O)c(F)c2)[C@@H](C)CCOC(=O)CS)cc1. The molecule has 0 aliphatic heterocycles. The van der Waals surface area contributed by atoms with Gasteiger partial charge < -0.3 is 14.6 Å².